The van der Waals surface area contributed by atoms with Crippen molar-refractivity contribution < 1.29 is 4.79 Å². The van der Waals surface area contributed by atoms with E-state index in [0.29, 0.717) is 12.5 Å². The zero-order chi connectivity index (χ0) is 13.7. The number of rotatable bonds is 5. The average Bonchev–Trinajstić information content (AvgIpc) is 2.91. The summed E-state index contributed by atoms with van der Waals surface area (Å²) >= 11 is 1.70. The molecule has 0 radical (unpaired) electrons. The Bertz CT molecular complexity index is 391. The van der Waals surface area contributed by atoms with Crippen molar-refractivity contribution in [2.45, 2.75) is 45.1 Å². The van der Waals surface area contributed by atoms with Gasteiger partial charge in [0, 0.05) is 12.0 Å². The van der Waals surface area contributed by atoms with Gasteiger partial charge in [0.05, 0.1) is 0 Å². The Morgan fingerprint density at radius 3 is 3.00 bits per heavy atom. The number of nitrogens with two attached hydrogens (primary N) is 1. The Balaban J connectivity index is 1.85. The zero-order valence-electron chi connectivity index (χ0n) is 11.6. The first-order valence-electron chi connectivity index (χ1n) is 7.22. The van der Waals surface area contributed by atoms with Crippen molar-refractivity contribution in [2.75, 3.05) is 6.54 Å². The summed E-state index contributed by atoms with van der Waals surface area (Å²) < 4.78 is 0. The third-order valence-corrected chi connectivity index (χ3v) is 4.79. The van der Waals surface area contributed by atoms with Crippen molar-refractivity contribution >= 4 is 17.2 Å². The first-order chi connectivity index (χ1) is 9.20. The first kappa shape index (κ1) is 14.5. The predicted octanol–water partition coefficient (Wildman–Crippen LogP) is 2.56. The molecule has 2 rings (SSSR count). The fraction of sp³-hybridized carbons (Fsp3) is 0.667. The van der Waals surface area contributed by atoms with Crippen LogP contribution < -0.4 is 11.1 Å². The fourth-order valence-corrected chi connectivity index (χ4v) is 3.68. The molecular weight excluding hydrogens is 256 g/mol. The van der Waals surface area contributed by atoms with Crippen molar-refractivity contribution in [1.82, 2.24) is 5.32 Å². The minimum atomic E-state index is 0.128. The molecule has 0 aliphatic heterocycles. The predicted molar refractivity (Wildman–Crippen MR) is 80.1 cm³/mol. The molecular formula is C15H24N2OS. The van der Waals surface area contributed by atoms with Crippen LogP contribution >= 0.6 is 11.3 Å². The molecule has 3 unspecified atom stereocenters. The molecule has 3 nitrogen and oxygen atoms in total. The van der Waals surface area contributed by atoms with Crippen LogP contribution in [0.3, 0.4) is 0 Å². The van der Waals surface area contributed by atoms with Gasteiger partial charge in [0.1, 0.15) is 0 Å². The lowest BCUT2D eigenvalue weighted by Gasteiger charge is -2.30. The minimum Gasteiger partial charge on any atom is -0.353 e. The molecule has 1 aromatic rings. The SMILES string of the molecule is CC(Cc1ccsc1)NC(=O)C1CCCCC1CN. The number of thiophene rings is 1. The molecule has 0 bridgehead atoms. The monoisotopic (exact) mass is 280 g/mol. The third-order valence-electron chi connectivity index (χ3n) is 4.06. The summed E-state index contributed by atoms with van der Waals surface area (Å²) in [5.74, 6) is 0.712. The Labute approximate surface area is 119 Å². The fourth-order valence-electron chi connectivity index (χ4n) is 3.00. The molecule has 1 aliphatic rings. The van der Waals surface area contributed by atoms with Gasteiger partial charge in [0.15, 0.2) is 0 Å². The number of hydrogen-bond donors (Lipinski definition) is 2. The molecule has 1 amide bonds. The molecule has 0 saturated heterocycles. The van der Waals surface area contributed by atoms with Gasteiger partial charge in [0.25, 0.3) is 0 Å². The second-order valence-electron chi connectivity index (χ2n) is 5.63. The second kappa shape index (κ2) is 7.06. The normalized spacial score (nSPS) is 24.9. The number of hydrogen-bond acceptors (Lipinski definition) is 3. The van der Waals surface area contributed by atoms with Gasteiger partial charge in [0.2, 0.25) is 5.91 Å². The molecule has 1 aromatic heterocycles. The van der Waals surface area contributed by atoms with Crippen LogP contribution in [0.4, 0.5) is 0 Å². The van der Waals surface area contributed by atoms with Crippen molar-refractivity contribution in [2.24, 2.45) is 17.6 Å². The molecule has 1 fully saturated rings. The highest BCUT2D eigenvalue weighted by molar-refractivity contribution is 7.07. The van der Waals surface area contributed by atoms with Crippen molar-refractivity contribution in [3.63, 3.8) is 0 Å². The summed E-state index contributed by atoms with van der Waals surface area (Å²) in [5, 5.41) is 7.39. The van der Waals surface area contributed by atoms with Gasteiger partial charge in [-0.1, -0.05) is 12.8 Å². The van der Waals surface area contributed by atoms with E-state index in [-0.39, 0.29) is 17.9 Å². The Kier molecular flexibility index (Phi) is 5.40. The van der Waals surface area contributed by atoms with E-state index in [9.17, 15) is 4.79 Å². The Morgan fingerprint density at radius 1 is 1.53 bits per heavy atom. The highest BCUT2D eigenvalue weighted by Crippen LogP contribution is 2.29. The van der Waals surface area contributed by atoms with Gasteiger partial charge in [-0.3, -0.25) is 4.79 Å². The molecule has 0 spiro atoms. The molecule has 4 heteroatoms. The van der Waals surface area contributed by atoms with Crippen LogP contribution in [0.2, 0.25) is 0 Å². The Morgan fingerprint density at radius 2 is 2.32 bits per heavy atom. The molecule has 106 valence electrons. The van der Waals surface area contributed by atoms with Gasteiger partial charge in [-0.2, -0.15) is 11.3 Å². The molecule has 3 atom stereocenters. The smallest absolute Gasteiger partial charge is 0.223 e. The maximum atomic E-state index is 12.3. The summed E-state index contributed by atoms with van der Waals surface area (Å²) in [5.41, 5.74) is 7.10. The summed E-state index contributed by atoms with van der Waals surface area (Å²) in [4.78, 5) is 12.3. The largest absolute Gasteiger partial charge is 0.353 e. The van der Waals surface area contributed by atoms with E-state index < -0.39 is 0 Å². The van der Waals surface area contributed by atoms with E-state index in [2.05, 4.69) is 29.1 Å². The topological polar surface area (TPSA) is 55.1 Å². The van der Waals surface area contributed by atoms with E-state index in [1.807, 2.05) is 0 Å². The van der Waals surface area contributed by atoms with Crippen molar-refractivity contribution in [3.8, 4) is 0 Å². The van der Waals surface area contributed by atoms with E-state index in [4.69, 9.17) is 5.73 Å². The number of carbonyl (C=O) groups excluding carboxylic acids is 1. The van der Waals surface area contributed by atoms with Gasteiger partial charge in [-0.05, 0) is 61.0 Å². The van der Waals surface area contributed by atoms with Crippen LogP contribution in [-0.4, -0.2) is 18.5 Å². The zero-order valence-corrected chi connectivity index (χ0v) is 12.4. The van der Waals surface area contributed by atoms with Crippen LogP contribution in [0.25, 0.3) is 0 Å². The lowest BCUT2D eigenvalue weighted by molar-refractivity contribution is -0.128. The molecule has 1 aliphatic carbocycles. The maximum absolute atomic E-state index is 12.3. The Hall–Kier alpha value is -0.870. The second-order valence-corrected chi connectivity index (χ2v) is 6.41. The van der Waals surface area contributed by atoms with Crippen molar-refractivity contribution in [1.29, 1.82) is 0 Å². The van der Waals surface area contributed by atoms with Gasteiger partial charge in [-0.15, -0.1) is 0 Å². The van der Waals surface area contributed by atoms with E-state index >= 15 is 0 Å². The minimum absolute atomic E-state index is 0.128. The summed E-state index contributed by atoms with van der Waals surface area (Å²) in [6.07, 6.45) is 5.39. The van der Waals surface area contributed by atoms with E-state index in [1.165, 1.54) is 12.0 Å². The van der Waals surface area contributed by atoms with Gasteiger partial charge >= 0.3 is 0 Å². The van der Waals surface area contributed by atoms with Crippen molar-refractivity contribution in [3.05, 3.63) is 22.4 Å². The lowest BCUT2D eigenvalue weighted by Crippen LogP contribution is -2.43. The highest BCUT2D eigenvalue weighted by atomic mass is 32.1. The van der Waals surface area contributed by atoms with Crippen LogP contribution in [0.15, 0.2) is 16.8 Å². The summed E-state index contributed by atoms with van der Waals surface area (Å²) in [6, 6.07) is 2.32. The quantitative estimate of drug-likeness (QED) is 0.871. The third kappa shape index (κ3) is 4.05. The standard InChI is InChI=1S/C15H24N2OS/c1-11(8-12-6-7-19-10-12)17-15(18)14-5-3-2-4-13(14)9-16/h6-7,10-11,13-14H,2-5,8-9,16H2,1H3,(H,17,18). The highest BCUT2D eigenvalue weighted by Gasteiger charge is 2.30. The number of nitrogens with one attached hydrogen (secondary N) is 1. The summed E-state index contributed by atoms with van der Waals surface area (Å²) in [7, 11) is 0. The number of carbonyl (C=O) groups is 1. The molecule has 1 saturated carbocycles. The maximum Gasteiger partial charge on any atom is 0.223 e. The van der Waals surface area contributed by atoms with Crippen LogP contribution in [0.1, 0.15) is 38.2 Å². The van der Waals surface area contributed by atoms with Crippen LogP contribution in [0.5, 0.6) is 0 Å². The summed E-state index contributed by atoms with van der Waals surface area (Å²) in [6.45, 7) is 2.72. The lowest BCUT2D eigenvalue weighted by atomic mass is 9.78. The molecule has 3 N–H and O–H groups in total. The van der Waals surface area contributed by atoms with E-state index in [0.717, 1.165) is 25.7 Å². The van der Waals surface area contributed by atoms with Gasteiger partial charge < -0.3 is 11.1 Å². The molecule has 0 aromatic carbocycles. The van der Waals surface area contributed by atoms with Crippen LogP contribution in [0, 0.1) is 11.8 Å². The van der Waals surface area contributed by atoms with E-state index in [1.54, 1.807) is 11.3 Å². The van der Waals surface area contributed by atoms with Crippen LogP contribution in [-0.2, 0) is 11.2 Å². The van der Waals surface area contributed by atoms with Gasteiger partial charge in [-0.25, -0.2) is 0 Å². The first-order valence-corrected chi connectivity index (χ1v) is 8.16. The molecule has 1 heterocycles. The number of amides is 1. The molecule has 19 heavy (non-hydrogen) atoms. The average molecular weight is 280 g/mol.